The van der Waals surface area contributed by atoms with Crippen LogP contribution < -0.4 is 4.74 Å². The van der Waals surface area contributed by atoms with E-state index in [0.717, 1.165) is 19.3 Å². The maximum absolute atomic E-state index is 13.1. The van der Waals surface area contributed by atoms with E-state index in [-0.39, 0.29) is 17.8 Å². The minimum atomic E-state index is -0.376. The van der Waals surface area contributed by atoms with Gasteiger partial charge in [-0.15, -0.1) is 0 Å². The molecule has 1 aliphatic carbocycles. The number of hydrogen-bond donors (Lipinski definition) is 0. The molecule has 0 spiro atoms. The van der Waals surface area contributed by atoms with Gasteiger partial charge in [0.05, 0.1) is 25.7 Å². The summed E-state index contributed by atoms with van der Waals surface area (Å²) >= 11 is 0. The van der Waals surface area contributed by atoms with Gasteiger partial charge in [0.2, 0.25) is 0 Å². The van der Waals surface area contributed by atoms with Gasteiger partial charge in [0.1, 0.15) is 5.75 Å². The third kappa shape index (κ3) is 5.35. The number of benzene rings is 1. The molecule has 0 aliphatic heterocycles. The molecule has 0 heterocycles. The van der Waals surface area contributed by atoms with Gasteiger partial charge < -0.3 is 14.4 Å². The molecular formula is C21H29NO4. The summed E-state index contributed by atoms with van der Waals surface area (Å²) in [5.41, 5.74) is 1.92. The van der Waals surface area contributed by atoms with Gasteiger partial charge in [-0.05, 0) is 44.2 Å². The summed E-state index contributed by atoms with van der Waals surface area (Å²) < 4.78 is 10.2. The predicted octanol–water partition coefficient (Wildman–Crippen LogP) is 3.84. The lowest BCUT2D eigenvalue weighted by atomic mass is 9.97. The van der Waals surface area contributed by atoms with Gasteiger partial charge in [-0.2, -0.15) is 0 Å². The fourth-order valence-electron chi connectivity index (χ4n) is 3.28. The highest BCUT2D eigenvalue weighted by molar-refractivity contribution is 5.97. The van der Waals surface area contributed by atoms with E-state index in [0.29, 0.717) is 24.4 Å². The number of hydrogen-bond acceptors (Lipinski definition) is 4. The summed E-state index contributed by atoms with van der Waals surface area (Å²) in [6.45, 7) is 2.70. The molecule has 0 bridgehead atoms. The Bertz CT molecular complexity index is 653. The van der Waals surface area contributed by atoms with Gasteiger partial charge in [-0.25, -0.2) is 0 Å². The second-order valence-corrected chi connectivity index (χ2v) is 6.73. The second-order valence-electron chi connectivity index (χ2n) is 6.73. The predicted molar refractivity (Wildman–Crippen MR) is 101 cm³/mol. The molecule has 2 rings (SSSR count). The summed E-state index contributed by atoms with van der Waals surface area (Å²) in [6.07, 6.45) is 7.81. The third-order valence-electron chi connectivity index (χ3n) is 4.81. The number of esters is 1. The van der Waals surface area contributed by atoms with Crippen LogP contribution in [-0.4, -0.2) is 44.1 Å². The molecular weight excluding hydrogens is 330 g/mol. The molecule has 0 aromatic heterocycles. The van der Waals surface area contributed by atoms with Crippen LogP contribution in [0.25, 0.3) is 0 Å². The Kier molecular flexibility index (Phi) is 7.70. The van der Waals surface area contributed by atoms with Crippen LogP contribution in [-0.2, 0) is 9.53 Å². The minimum Gasteiger partial charge on any atom is -0.496 e. The van der Waals surface area contributed by atoms with Gasteiger partial charge in [0.15, 0.2) is 0 Å². The molecule has 1 amide bonds. The Balaban J connectivity index is 2.16. The maximum Gasteiger partial charge on any atom is 0.310 e. The van der Waals surface area contributed by atoms with Gasteiger partial charge in [0.25, 0.3) is 5.91 Å². The largest absolute Gasteiger partial charge is 0.496 e. The van der Waals surface area contributed by atoms with Crippen molar-refractivity contribution in [3.05, 3.63) is 41.5 Å². The number of carbonyl (C=O) groups is 2. The Morgan fingerprint density at radius 1 is 1.19 bits per heavy atom. The lowest BCUT2D eigenvalue weighted by Crippen LogP contribution is -2.38. The van der Waals surface area contributed by atoms with E-state index in [9.17, 15) is 9.59 Å². The number of ether oxygens (including phenoxy) is 2. The number of rotatable bonds is 8. The van der Waals surface area contributed by atoms with E-state index >= 15 is 0 Å². The van der Waals surface area contributed by atoms with Gasteiger partial charge in [0, 0.05) is 13.1 Å². The zero-order valence-corrected chi connectivity index (χ0v) is 16.0. The Morgan fingerprint density at radius 2 is 1.96 bits per heavy atom. The lowest BCUT2D eigenvalue weighted by Gasteiger charge is -2.27. The monoisotopic (exact) mass is 359 g/mol. The molecule has 0 fully saturated rings. The van der Waals surface area contributed by atoms with Crippen LogP contribution in [0.4, 0.5) is 0 Å². The van der Waals surface area contributed by atoms with Crippen molar-refractivity contribution in [3.63, 3.8) is 0 Å². The fraction of sp³-hybridized carbons (Fsp3) is 0.524. The SMILES string of the molecule is COC(=O)C(C)CN(CCC1=CCCCC1)C(=O)c1ccccc1OC. The Hall–Kier alpha value is -2.30. The van der Waals surface area contributed by atoms with Crippen LogP contribution in [0.3, 0.4) is 0 Å². The molecule has 0 saturated heterocycles. The normalized spacial score (nSPS) is 15.0. The molecule has 5 nitrogen and oxygen atoms in total. The van der Waals surface area contributed by atoms with Gasteiger partial charge in [-0.3, -0.25) is 9.59 Å². The molecule has 142 valence electrons. The molecule has 0 saturated carbocycles. The summed E-state index contributed by atoms with van der Waals surface area (Å²) in [7, 11) is 2.93. The highest BCUT2D eigenvalue weighted by Gasteiger charge is 2.24. The molecule has 0 N–H and O–H groups in total. The standard InChI is InChI=1S/C21H29NO4/c1-16(21(24)26-3)15-22(14-13-17-9-5-4-6-10-17)20(23)18-11-7-8-12-19(18)25-2/h7-9,11-12,16H,4-6,10,13-15H2,1-3H3. The summed E-state index contributed by atoms with van der Waals surface area (Å²) in [4.78, 5) is 26.7. The van der Waals surface area contributed by atoms with E-state index in [1.54, 1.807) is 31.1 Å². The zero-order chi connectivity index (χ0) is 18.9. The highest BCUT2D eigenvalue weighted by Crippen LogP contribution is 2.23. The number of para-hydroxylation sites is 1. The van der Waals surface area contributed by atoms with Gasteiger partial charge in [-0.1, -0.05) is 30.7 Å². The summed E-state index contributed by atoms with van der Waals surface area (Å²) in [5.74, 6) is -0.251. The van der Waals surface area contributed by atoms with Crippen LogP contribution >= 0.6 is 0 Å². The Labute approximate surface area is 156 Å². The van der Waals surface area contributed by atoms with E-state index < -0.39 is 0 Å². The molecule has 1 atom stereocenters. The van der Waals surface area contributed by atoms with Crippen LogP contribution in [0.2, 0.25) is 0 Å². The molecule has 1 unspecified atom stereocenters. The number of methoxy groups -OCH3 is 2. The van der Waals surface area contributed by atoms with Crippen molar-refractivity contribution in [2.75, 3.05) is 27.3 Å². The molecule has 26 heavy (non-hydrogen) atoms. The van der Waals surface area contributed by atoms with Crippen LogP contribution in [0.5, 0.6) is 5.75 Å². The van der Waals surface area contributed by atoms with Gasteiger partial charge >= 0.3 is 5.97 Å². The maximum atomic E-state index is 13.1. The number of amides is 1. The van der Waals surface area contributed by atoms with E-state index in [4.69, 9.17) is 9.47 Å². The summed E-state index contributed by atoms with van der Waals surface area (Å²) in [5, 5.41) is 0. The topological polar surface area (TPSA) is 55.8 Å². The summed E-state index contributed by atoms with van der Waals surface area (Å²) in [6, 6.07) is 7.20. The number of allylic oxidation sites excluding steroid dienone is 1. The first-order valence-corrected chi connectivity index (χ1v) is 9.24. The Morgan fingerprint density at radius 3 is 2.62 bits per heavy atom. The number of nitrogens with zero attached hydrogens (tertiary/aromatic N) is 1. The number of carbonyl (C=O) groups excluding carboxylic acids is 2. The van der Waals surface area contributed by atoms with Crippen molar-refractivity contribution in [1.29, 1.82) is 0 Å². The lowest BCUT2D eigenvalue weighted by molar-refractivity contribution is -0.145. The molecule has 1 aromatic carbocycles. The third-order valence-corrected chi connectivity index (χ3v) is 4.81. The van der Waals surface area contributed by atoms with Crippen LogP contribution in [0, 0.1) is 5.92 Å². The molecule has 5 heteroatoms. The van der Waals surface area contributed by atoms with E-state index in [2.05, 4.69) is 6.08 Å². The average Bonchev–Trinajstić information content (AvgIpc) is 2.70. The van der Waals surface area contributed by atoms with Crippen LogP contribution in [0.15, 0.2) is 35.9 Å². The van der Waals surface area contributed by atoms with E-state index in [1.165, 1.54) is 25.5 Å². The highest BCUT2D eigenvalue weighted by atomic mass is 16.5. The van der Waals surface area contributed by atoms with Crippen molar-refractivity contribution in [2.24, 2.45) is 5.92 Å². The quantitative estimate of drug-likeness (QED) is 0.523. The smallest absolute Gasteiger partial charge is 0.310 e. The van der Waals surface area contributed by atoms with Crippen molar-refractivity contribution in [1.82, 2.24) is 4.90 Å². The van der Waals surface area contributed by atoms with Crippen LogP contribution in [0.1, 0.15) is 49.4 Å². The first kappa shape index (κ1) is 20.0. The fourth-order valence-corrected chi connectivity index (χ4v) is 3.28. The first-order valence-electron chi connectivity index (χ1n) is 9.24. The second kappa shape index (κ2) is 10.00. The van der Waals surface area contributed by atoms with Crippen molar-refractivity contribution >= 4 is 11.9 Å². The van der Waals surface area contributed by atoms with Crippen molar-refractivity contribution in [2.45, 2.75) is 39.0 Å². The molecule has 1 aromatic rings. The van der Waals surface area contributed by atoms with Crippen molar-refractivity contribution < 1.29 is 19.1 Å². The minimum absolute atomic E-state index is 0.116. The average molecular weight is 359 g/mol. The van der Waals surface area contributed by atoms with E-state index in [1.807, 2.05) is 12.1 Å². The molecule has 1 aliphatic rings. The first-order chi connectivity index (χ1) is 12.6. The zero-order valence-electron chi connectivity index (χ0n) is 16.0. The molecule has 0 radical (unpaired) electrons. The van der Waals surface area contributed by atoms with Crippen molar-refractivity contribution in [3.8, 4) is 5.75 Å².